The summed E-state index contributed by atoms with van der Waals surface area (Å²) >= 11 is 1.43. The first-order chi connectivity index (χ1) is 11.9. The number of sulfone groups is 1. The maximum atomic E-state index is 11.9. The van der Waals surface area contributed by atoms with Crippen LogP contribution >= 0.6 is 11.3 Å². The van der Waals surface area contributed by atoms with Crippen LogP contribution in [0, 0.1) is 0 Å². The lowest BCUT2D eigenvalue weighted by molar-refractivity contribution is 0.0600. The van der Waals surface area contributed by atoms with Gasteiger partial charge in [0.25, 0.3) is 0 Å². The maximum absolute atomic E-state index is 11.9. The minimum Gasteiger partial charge on any atom is -0.465 e. The van der Waals surface area contributed by atoms with Crippen LogP contribution in [0.15, 0.2) is 59.6 Å². The van der Waals surface area contributed by atoms with Crippen molar-refractivity contribution in [2.45, 2.75) is 4.90 Å². The summed E-state index contributed by atoms with van der Waals surface area (Å²) in [4.78, 5) is 17.3. The third-order valence-corrected chi connectivity index (χ3v) is 5.75. The monoisotopic (exact) mass is 373 g/mol. The van der Waals surface area contributed by atoms with E-state index in [0.29, 0.717) is 10.6 Å². The molecule has 0 atom stereocenters. The zero-order valence-corrected chi connectivity index (χ0v) is 15.2. The van der Waals surface area contributed by atoms with Crippen molar-refractivity contribution in [2.75, 3.05) is 13.4 Å². The Labute approximate surface area is 149 Å². The molecule has 3 rings (SSSR count). The van der Waals surface area contributed by atoms with Gasteiger partial charge in [-0.3, -0.25) is 0 Å². The molecule has 25 heavy (non-hydrogen) atoms. The molecule has 0 aliphatic carbocycles. The summed E-state index contributed by atoms with van der Waals surface area (Å²) < 4.78 is 28.6. The Hall–Kier alpha value is -2.51. The van der Waals surface area contributed by atoms with Crippen molar-refractivity contribution in [2.24, 2.45) is 0 Å². The normalized spacial score (nSPS) is 11.3. The summed E-state index contributed by atoms with van der Waals surface area (Å²) in [7, 11) is -2.22. The highest BCUT2D eigenvalue weighted by atomic mass is 32.2. The number of aromatic nitrogens is 1. The molecule has 0 amide bonds. The van der Waals surface area contributed by atoms with Crippen LogP contribution in [0.4, 0.5) is 0 Å². The van der Waals surface area contributed by atoms with Crippen molar-refractivity contribution in [3.63, 3.8) is 0 Å². The van der Waals surface area contributed by atoms with E-state index in [4.69, 9.17) is 4.74 Å². The Morgan fingerprint density at radius 2 is 1.80 bits per heavy atom. The zero-order valence-electron chi connectivity index (χ0n) is 13.6. The van der Waals surface area contributed by atoms with Gasteiger partial charge in [-0.05, 0) is 23.8 Å². The molecule has 0 N–H and O–H groups in total. The van der Waals surface area contributed by atoms with Crippen LogP contribution in [0.3, 0.4) is 0 Å². The molecule has 0 radical (unpaired) electrons. The fraction of sp³-hybridized carbons (Fsp3) is 0.111. The zero-order chi connectivity index (χ0) is 18.0. The Bertz CT molecular complexity index is 1020. The van der Waals surface area contributed by atoms with Gasteiger partial charge >= 0.3 is 5.97 Å². The highest BCUT2D eigenvalue weighted by Gasteiger charge is 2.17. The number of methoxy groups -OCH3 is 1. The molecule has 0 aliphatic heterocycles. The van der Waals surface area contributed by atoms with Gasteiger partial charge < -0.3 is 4.74 Å². The highest BCUT2D eigenvalue weighted by Crippen LogP contribution is 2.33. The molecule has 0 fully saturated rings. The van der Waals surface area contributed by atoms with Crippen LogP contribution in [-0.4, -0.2) is 32.7 Å². The van der Waals surface area contributed by atoms with Gasteiger partial charge in [-0.1, -0.05) is 30.3 Å². The van der Waals surface area contributed by atoms with Crippen LogP contribution in [0.5, 0.6) is 0 Å². The number of hydrogen-bond acceptors (Lipinski definition) is 6. The molecule has 0 spiro atoms. The second-order valence-electron chi connectivity index (χ2n) is 5.41. The molecule has 0 saturated heterocycles. The smallest absolute Gasteiger partial charge is 0.337 e. The number of carbonyl (C=O) groups excluding carboxylic acids is 1. The number of benzene rings is 2. The van der Waals surface area contributed by atoms with E-state index in [2.05, 4.69) is 4.98 Å². The third-order valence-electron chi connectivity index (χ3n) is 3.57. The largest absolute Gasteiger partial charge is 0.465 e. The van der Waals surface area contributed by atoms with Crippen molar-refractivity contribution in [3.8, 4) is 21.0 Å². The van der Waals surface area contributed by atoms with Crippen LogP contribution in [0.1, 0.15) is 10.4 Å². The van der Waals surface area contributed by atoms with Crippen molar-refractivity contribution in [1.29, 1.82) is 0 Å². The van der Waals surface area contributed by atoms with Gasteiger partial charge in [0.2, 0.25) is 0 Å². The SMILES string of the molecule is COC(=O)c1cc(-c2ncc(-c3ccccc3)s2)cc(S(C)(=O)=O)c1. The molecule has 3 aromatic rings. The first kappa shape index (κ1) is 17.3. The summed E-state index contributed by atoms with van der Waals surface area (Å²) in [6.07, 6.45) is 2.84. The standard InChI is InChI=1S/C18H15NO4S2/c1-23-18(20)14-8-13(9-15(10-14)25(2,21)22)17-19-11-16(24-17)12-6-4-3-5-7-12/h3-11H,1-2H3. The fourth-order valence-corrected chi connectivity index (χ4v) is 3.91. The van der Waals surface area contributed by atoms with Gasteiger partial charge in [-0.25, -0.2) is 18.2 Å². The molecule has 0 unspecified atom stereocenters. The molecule has 128 valence electrons. The third kappa shape index (κ3) is 3.78. The van der Waals surface area contributed by atoms with Crippen molar-refractivity contribution in [3.05, 3.63) is 60.3 Å². The molecule has 5 nitrogen and oxygen atoms in total. The van der Waals surface area contributed by atoms with Gasteiger partial charge in [-0.2, -0.15) is 0 Å². The van der Waals surface area contributed by atoms with E-state index in [1.54, 1.807) is 12.3 Å². The van der Waals surface area contributed by atoms with Crippen molar-refractivity contribution in [1.82, 2.24) is 4.98 Å². The first-order valence-electron chi connectivity index (χ1n) is 7.33. The second-order valence-corrected chi connectivity index (χ2v) is 8.45. The number of hydrogen-bond donors (Lipinski definition) is 0. The van der Waals surface area contributed by atoms with Crippen LogP contribution < -0.4 is 0 Å². The summed E-state index contributed by atoms with van der Waals surface area (Å²) in [6.45, 7) is 0. The van der Waals surface area contributed by atoms with Gasteiger partial charge in [0.1, 0.15) is 5.01 Å². The average molecular weight is 373 g/mol. The molecule has 7 heteroatoms. The van der Waals surface area contributed by atoms with Crippen molar-refractivity contribution >= 4 is 27.1 Å². The summed E-state index contributed by atoms with van der Waals surface area (Å²) in [5.41, 5.74) is 1.77. The van der Waals surface area contributed by atoms with Gasteiger partial charge in [-0.15, -0.1) is 11.3 Å². The topological polar surface area (TPSA) is 73.3 Å². The van der Waals surface area contributed by atoms with E-state index in [9.17, 15) is 13.2 Å². The molecule has 0 aliphatic rings. The van der Waals surface area contributed by atoms with Gasteiger partial charge in [0.05, 0.1) is 22.4 Å². The van der Waals surface area contributed by atoms with Gasteiger partial charge in [0.15, 0.2) is 9.84 Å². The molecule has 2 aromatic carbocycles. The van der Waals surface area contributed by atoms with Crippen molar-refractivity contribution < 1.29 is 17.9 Å². The fourth-order valence-electron chi connectivity index (χ4n) is 2.32. The summed E-state index contributed by atoms with van der Waals surface area (Å²) in [6, 6.07) is 14.2. The molecule has 0 bridgehead atoms. The Balaban J connectivity index is 2.11. The lowest BCUT2D eigenvalue weighted by atomic mass is 10.1. The van der Waals surface area contributed by atoms with E-state index in [0.717, 1.165) is 16.7 Å². The van der Waals surface area contributed by atoms with Gasteiger partial charge in [0, 0.05) is 18.0 Å². The Morgan fingerprint density at radius 1 is 1.08 bits per heavy atom. The lowest BCUT2D eigenvalue weighted by Crippen LogP contribution is -2.05. The number of thiazole rings is 1. The number of nitrogens with zero attached hydrogens (tertiary/aromatic N) is 1. The molecule has 0 saturated carbocycles. The molecular weight excluding hydrogens is 358 g/mol. The van der Waals surface area contributed by atoms with Crippen LogP contribution in [0.25, 0.3) is 21.0 Å². The number of ether oxygens (including phenoxy) is 1. The Morgan fingerprint density at radius 3 is 2.44 bits per heavy atom. The van der Waals surface area contributed by atoms with E-state index in [1.165, 1.54) is 30.6 Å². The quantitative estimate of drug-likeness (QED) is 0.653. The summed E-state index contributed by atoms with van der Waals surface area (Å²) in [5, 5.41) is 0.634. The van der Waals surface area contributed by atoms with E-state index < -0.39 is 15.8 Å². The molecule has 1 heterocycles. The van der Waals surface area contributed by atoms with E-state index in [-0.39, 0.29) is 10.5 Å². The minimum absolute atomic E-state index is 0.0573. The minimum atomic E-state index is -3.47. The lowest BCUT2D eigenvalue weighted by Gasteiger charge is -2.06. The van der Waals surface area contributed by atoms with E-state index in [1.807, 2.05) is 30.3 Å². The Kier molecular flexibility index (Phi) is 4.69. The molecular formula is C18H15NO4S2. The van der Waals surface area contributed by atoms with E-state index >= 15 is 0 Å². The van der Waals surface area contributed by atoms with Crippen LogP contribution in [-0.2, 0) is 14.6 Å². The average Bonchev–Trinajstić information content (AvgIpc) is 3.11. The van der Waals surface area contributed by atoms with Crippen LogP contribution in [0.2, 0.25) is 0 Å². The molecule has 1 aromatic heterocycles. The highest BCUT2D eigenvalue weighted by molar-refractivity contribution is 7.90. The number of carbonyl (C=O) groups is 1. The second kappa shape index (κ2) is 6.78. The number of esters is 1. The number of rotatable bonds is 4. The predicted molar refractivity (Wildman–Crippen MR) is 97.4 cm³/mol. The predicted octanol–water partition coefficient (Wildman–Crippen LogP) is 3.67. The summed E-state index contributed by atoms with van der Waals surface area (Å²) in [5.74, 6) is -0.591. The first-order valence-corrected chi connectivity index (χ1v) is 10.0. The maximum Gasteiger partial charge on any atom is 0.337 e.